The van der Waals surface area contributed by atoms with E-state index in [0.29, 0.717) is 5.56 Å². The van der Waals surface area contributed by atoms with Gasteiger partial charge in [-0.3, -0.25) is 4.98 Å². The van der Waals surface area contributed by atoms with Crippen molar-refractivity contribution in [2.24, 2.45) is 0 Å². The zero-order valence-corrected chi connectivity index (χ0v) is 10.0. The quantitative estimate of drug-likeness (QED) is 0.847. The molecule has 1 aromatic carbocycles. The van der Waals surface area contributed by atoms with E-state index < -0.39 is 12.1 Å². The molecule has 100 valence electrons. The Kier molecular flexibility index (Phi) is 3.33. The summed E-state index contributed by atoms with van der Waals surface area (Å²) in [7, 11) is 0. The molecule has 0 radical (unpaired) electrons. The van der Waals surface area contributed by atoms with Gasteiger partial charge in [-0.25, -0.2) is 0 Å². The monoisotopic (exact) mass is 268 g/mol. The summed E-state index contributed by atoms with van der Waals surface area (Å²) in [5.74, 6) is -0.403. The van der Waals surface area contributed by atoms with Crippen LogP contribution in [0.2, 0.25) is 0 Å². The van der Waals surface area contributed by atoms with Crippen molar-refractivity contribution >= 4 is 5.69 Å². The van der Waals surface area contributed by atoms with Gasteiger partial charge in [0.15, 0.2) is 5.75 Å². The maximum absolute atomic E-state index is 12.2. The molecule has 19 heavy (non-hydrogen) atoms. The van der Waals surface area contributed by atoms with E-state index in [0.717, 1.165) is 11.3 Å². The van der Waals surface area contributed by atoms with Crippen LogP contribution in [-0.2, 0) is 0 Å². The number of rotatable bonds is 2. The fourth-order valence-corrected chi connectivity index (χ4v) is 1.65. The molecule has 0 saturated heterocycles. The largest absolute Gasteiger partial charge is 0.573 e. The normalized spacial score (nSPS) is 11.4. The molecule has 2 aromatic rings. The highest BCUT2D eigenvalue weighted by atomic mass is 19.4. The molecule has 0 amide bonds. The van der Waals surface area contributed by atoms with Crippen LogP contribution in [0.25, 0.3) is 11.1 Å². The van der Waals surface area contributed by atoms with Crippen LogP contribution in [0, 0.1) is 6.92 Å². The zero-order chi connectivity index (χ0) is 14.0. The van der Waals surface area contributed by atoms with E-state index in [1.54, 1.807) is 31.3 Å². The summed E-state index contributed by atoms with van der Waals surface area (Å²) in [5, 5.41) is 0. The molecule has 0 spiro atoms. The second-order valence-electron chi connectivity index (χ2n) is 3.99. The first kappa shape index (κ1) is 13.2. The third-order valence-corrected chi connectivity index (χ3v) is 2.47. The van der Waals surface area contributed by atoms with Gasteiger partial charge < -0.3 is 10.5 Å². The molecule has 0 unspecified atom stereocenters. The Hall–Kier alpha value is -2.24. The summed E-state index contributed by atoms with van der Waals surface area (Å²) in [4.78, 5) is 4.03. The molecular formula is C13H11F3N2O. The van der Waals surface area contributed by atoms with E-state index >= 15 is 0 Å². The van der Waals surface area contributed by atoms with Gasteiger partial charge in [0, 0.05) is 11.9 Å². The number of halogens is 3. The minimum absolute atomic E-state index is 0.0631. The standard InChI is InChI=1S/C13H11F3N2O/c1-8-6-10(4-5-18-8)9-2-3-11(17)12(7-9)19-13(14,15)16/h2-7H,17H2,1H3. The lowest BCUT2D eigenvalue weighted by Crippen LogP contribution is -2.18. The van der Waals surface area contributed by atoms with Gasteiger partial charge in [-0.1, -0.05) is 6.07 Å². The number of aromatic nitrogens is 1. The van der Waals surface area contributed by atoms with Crippen LogP contribution in [-0.4, -0.2) is 11.3 Å². The van der Waals surface area contributed by atoms with Crippen molar-refractivity contribution in [1.29, 1.82) is 0 Å². The van der Waals surface area contributed by atoms with Gasteiger partial charge in [0.05, 0.1) is 5.69 Å². The van der Waals surface area contributed by atoms with Gasteiger partial charge in [0.2, 0.25) is 0 Å². The summed E-state index contributed by atoms with van der Waals surface area (Å²) in [6.07, 6.45) is -3.17. The van der Waals surface area contributed by atoms with Crippen LogP contribution >= 0.6 is 0 Å². The molecule has 0 bridgehead atoms. The predicted molar refractivity (Wildman–Crippen MR) is 65.5 cm³/mol. The van der Waals surface area contributed by atoms with Gasteiger partial charge >= 0.3 is 6.36 Å². The van der Waals surface area contributed by atoms with Crippen molar-refractivity contribution in [3.8, 4) is 16.9 Å². The molecule has 0 saturated carbocycles. The number of nitrogens with two attached hydrogens (primary N) is 1. The highest BCUT2D eigenvalue weighted by molar-refractivity contribution is 5.69. The average Bonchev–Trinajstić information content (AvgIpc) is 2.30. The summed E-state index contributed by atoms with van der Waals surface area (Å²) in [6.45, 7) is 1.80. The topological polar surface area (TPSA) is 48.1 Å². The van der Waals surface area contributed by atoms with Crippen molar-refractivity contribution < 1.29 is 17.9 Å². The molecule has 2 rings (SSSR count). The second-order valence-corrected chi connectivity index (χ2v) is 3.99. The summed E-state index contributed by atoms with van der Waals surface area (Å²) >= 11 is 0. The first-order valence-electron chi connectivity index (χ1n) is 5.43. The maximum atomic E-state index is 12.2. The molecular weight excluding hydrogens is 257 g/mol. The molecule has 0 aliphatic heterocycles. The third-order valence-electron chi connectivity index (χ3n) is 2.47. The number of nitrogens with zero attached hydrogens (tertiary/aromatic N) is 1. The van der Waals surface area contributed by atoms with Crippen LogP contribution in [0.1, 0.15) is 5.69 Å². The molecule has 0 fully saturated rings. The van der Waals surface area contributed by atoms with Gasteiger partial charge in [-0.2, -0.15) is 0 Å². The maximum Gasteiger partial charge on any atom is 0.573 e. The Morgan fingerprint density at radius 3 is 2.42 bits per heavy atom. The van der Waals surface area contributed by atoms with Crippen LogP contribution in [0.3, 0.4) is 0 Å². The number of pyridine rings is 1. The SMILES string of the molecule is Cc1cc(-c2ccc(N)c(OC(F)(F)F)c2)ccn1. The molecule has 1 heterocycles. The first-order valence-corrected chi connectivity index (χ1v) is 5.43. The van der Waals surface area contributed by atoms with E-state index in [-0.39, 0.29) is 5.69 Å². The van der Waals surface area contributed by atoms with Crippen LogP contribution in [0.5, 0.6) is 5.75 Å². The Morgan fingerprint density at radius 1 is 1.11 bits per heavy atom. The van der Waals surface area contributed by atoms with Gasteiger partial charge in [0.1, 0.15) is 0 Å². The van der Waals surface area contributed by atoms with E-state index in [1.807, 2.05) is 0 Å². The van der Waals surface area contributed by atoms with Crippen molar-refractivity contribution in [1.82, 2.24) is 4.98 Å². The van der Waals surface area contributed by atoms with Gasteiger partial charge in [-0.15, -0.1) is 13.2 Å². The summed E-state index contributed by atoms with van der Waals surface area (Å²) in [5.41, 5.74) is 7.51. The first-order chi connectivity index (χ1) is 8.85. The van der Waals surface area contributed by atoms with Crippen molar-refractivity contribution in [2.45, 2.75) is 13.3 Å². The minimum atomic E-state index is -4.76. The lowest BCUT2D eigenvalue weighted by Gasteiger charge is -2.12. The molecule has 3 nitrogen and oxygen atoms in total. The lowest BCUT2D eigenvalue weighted by atomic mass is 10.1. The number of aryl methyl sites for hydroxylation is 1. The number of anilines is 1. The van der Waals surface area contributed by atoms with Gasteiger partial charge in [0.25, 0.3) is 0 Å². The lowest BCUT2D eigenvalue weighted by molar-refractivity contribution is -0.274. The predicted octanol–water partition coefficient (Wildman–Crippen LogP) is 3.54. The fourth-order valence-electron chi connectivity index (χ4n) is 1.65. The van der Waals surface area contributed by atoms with Crippen molar-refractivity contribution in [2.75, 3.05) is 5.73 Å². The minimum Gasteiger partial charge on any atom is -0.404 e. The van der Waals surface area contributed by atoms with Crippen LogP contribution in [0.15, 0.2) is 36.5 Å². The molecule has 2 N–H and O–H groups in total. The molecule has 1 aromatic heterocycles. The van der Waals surface area contributed by atoms with Crippen LogP contribution in [0.4, 0.5) is 18.9 Å². The highest BCUT2D eigenvalue weighted by Gasteiger charge is 2.32. The summed E-state index contributed by atoms with van der Waals surface area (Å²) in [6, 6.07) is 7.75. The Bertz CT molecular complexity index is 597. The fraction of sp³-hybridized carbons (Fsp3) is 0.154. The molecule has 6 heteroatoms. The average molecular weight is 268 g/mol. The summed E-state index contributed by atoms with van der Waals surface area (Å²) < 4.78 is 40.6. The van der Waals surface area contributed by atoms with Crippen LogP contribution < -0.4 is 10.5 Å². The zero-order valence-electron chi connectivity index (χ0n) is 10.0. The van der Waals surface area contributed by atoms with E-state index in [2.05, 4.69) is 9.72 Å². The van der Waals surface area contributed by atoms with Crippen molar-refractivity contribution in [3.05, 3.63) is 42.2 Å². The van der Waals surface area contributed by atoms with E-state index in [4.69, 9.17) is 5.73 Å². The number of hydrogen-bond donors (Lipinski definition) is 1. The number of alkyl halides is 3. The van der Waals surface area contributed by atoms with Crippen molar-refractivity contribution in [3.63, 3.8) is 0 Å². The van der Waals surface area contributed by atoms with E-state index in [1.165, 1.54) is 12.1 Å². The third kappa shape index (κ3) is 3.37. The Morgan fingerprint density at radius 2 is 1.79 bits per heavy atom. The van der Waals surface area contributed by atoms with Gasteiger partial charge in [-0.05, 0) is 42.3 Å². The number of nitrogen functional groups attached to an aromatic ring is 1. The smallest absolute Gasteiger partial charge is 0.404 e. The number of benzene rings is 1. The second kappa shape index (κ2) is 4.79. The van der Waals surface area contributed by atoms with E-state index in [9.17, 15) is 13.2 Å². The molecule has 0 atom stereocenters. The Balaban J connectivity index is 2.41. The Labute approximate surface area is 107 Å². The molecule has 0 aliphatic carbocycles. The molecule has 0 aliphatic rings. The number of ether oxygens (including phenoxy) is 1. The number of hydrogen-bond acceptors (Lipinski definition) is 3. The highest BCUT2D eigenvalue weighted by Crippen LogP contribution is 2.32.